The zero-order chi connectivity index (χ0) is 17.3. The molecule has 0 spiro atoms. The maximum atomic E-state index is 12.3. The summed E-state index contributed by atoms with van der Waals surface area (Å²) >= 11 is 5.97. The van der Waals surface area contributed by atoms with Crippen LogP contribution in [0, 0.1) is 0 Å². The van der Waals surface area contributed by atoms with E-state index in [4.69, 9.17) is 16.3 Å². The molecule has 1 aliphatic rings. The molecule has 0 saturated heterocycles. The molecule has 0 amide bonds. The predicted octanol–water partition coefficient (Wildman–Crippen LogP) is 2.44. The number of hydrogen-bond donors (Lipinski definition) is 1. The fourth-order valence-electron chi connectivity index (χ4n) is 2.63. The standard InChI is InChI=1S/C16H18ClN3O3S/c1-10(2)20-24(21,22)12-5-3-4-11(6-12)7-14-13-8-23-9-15(13)19-16(17)18-14/h3-6,10,20H,7-9H2,1-2H3. The highest BCUT2D eigenvalue weighted by atomic mass is 35.5. The van der Waals surface area contributed by atoms with E-state index < -0.39 is 10.0 Å². The molecule has 2 heterocycles. The average molecular weight is 368 g/mol. The van der Waals surface area contributed by atoms with Crippen LogP contribution < -0.4 is 4.72 Å². The van der Waals surface area contributed by atoms with Gasteiger partial charge in [0.2, 0.25) is 15.3 Å². The van der Waals surface area contributed by atoms with Crippen molar-refractivity contribution in [3.05, 3.63) is 52.1 Å². The van der Waals surface area contributed by atoms with Crippen molar-refractivity contribution in [2.45, 2.75) is 44.4 Å². The highest BCUT2D eigenvalue weighted by Crippen LogP contribution is 2.25. The molecule has 0 radical (unpaired) electrons. The largest absolute Gasteiger partial charge is 0.370 e. The molecule has 0 bridgehead atoms. The summed E-state index contributed by atoms with van der Waals surface area (Å²) in [7, 11) is -3.53. The molecule has 1 aromatic carbocycles. The van der Waals surface area contributed by atoms with E-state index >= 15 is 0 Å². The van der Waals surface area contributed by atoms with Gasteiger partial charge in [0.05, 0.1) is 29.5 Å². The zero-order valence-corrected chi connectivity index (χ0v) is 15.0. The molecule has 1 N–H and O–H groups in total. The maximum absolute atomic E-state index is 12.3. The van der Waals surface area contributed by atoms with Crippen molar-refractivity contribution < 1.29 is 13.2 Å². The summed E-state index contributed by atoms with van der Waals surface area (Å²) in [6, 6.07) is 6.66. The number of nitrogens with zero attached hydrogens (tertiary/aromatic N) is 2. The van der Waals surface area contributed by atoms with E-state index in [9.17, 15) is 8.42 Å². The van der Waals surface area contributed by atoms with E-state index in [1.54, 1.807) is 32.0 Å². The molecule has 0 saturated carbocycles. The number of sulfonamides is 1. The molecule has 128 valence electrons. The molecule has 0 atom stereocenters. The Morgan fingerprint density at radius 3 is 2.83 bits per heavy atom. The molecule has 6 nitrogen and oxygen atoms in total. The average Bonchev–Trinajstić information content (AvgIpc) is 2.94. The van der Waals surface area contributed by atoms with Crippen molar-refractivity contribution in [2.24, 2.45) is 0 Å². The van der Waals surface area contributed by atoms with Gasteiger partial charge in [-0.2, -0.15) is 0 Å². The molecule has 0 unspecified atom stereocenters. The van der Waals surface area contributed by atoms with Crippen LogP contribution in [0.1, 0.15) is 36.4 Å². The lowest BCUT2D eigenvalue weighted by Crippen LogP contribution is -2.30. The summed E-state index contributed by atoms with van der Waals surface area (Å²) in [5, 5.41) is 0.180. The highest BCUT2D eigenvalue weighted by molar-refractivity contribution is 7.89. The molecule has 3 rings (SSSR count). The molecule has 1 aliphatic heterocycles. The lowest BCUT2D eigenvalue weighted by molar-refractivity contribution is 0.133. The van der Waals surface area contributed by atoms with Gasteiger partial charge >= 0.3 is 0 Å². The molecule has 2 aromatic rings. The van der Waals surface area contributed by atoms with E-state index in [2.05, 4.69) is 14.7 Å². The van der Waals surface area contributed by atoms with Crippen LogP contribution in [0.4, 0.5) is 0 Å². The van der Waals surface area contributed by atoms with Crippen LogP contribution in [-0.2, 0) is 34.4 Å². The smallest absolute Gasteiger partial charge is 0.240 e. The summed E-state index contributed by atoms with van der Waals surface area (Å²) < 4.78 is 32.6. The van der Waals surface area contributed by atoms with E-state index in [1.807, 2.05) is 6.07 Å². The number of benzene rings is 1. The Morgan fingerprint density at radius 2 is 2.08 bits per heavy atom. The van der Waals surface area contributed by atoms with Crippen molar-refractivity contribution >= 4 is 21.6 Å². The minimum Gasteiger partial charge on any atom is -0.370 e. The first kappa shape index (κ1) is 17.3. The minimum atomic E-state index is -3.53. The molecule has 0 fully saturated rings. The van der Waals surface area contributed by atoms with Crippen molar-refractivity contribution in [1.29, 1.82) is 0 Å². The summed E-state index contributed by atoms with van der Waals surface area (Å²) in [5.41, 5.74) is 3.35. The van der Waals surface area contributed by atoms with Gasteiger partial charge in [-0.25, -0.2) is 23.1 Å². The van der Waals surface area contributed by atoms with Crippen molar-refractivity contribution in [2.75, 3.05) is 0 Å². The van der Waals surface area contributed by atoms with Gasteiger partial charge < -0.3 is 4.74 Å². The van der Waals surface area contributed by atoms with Gasteiger partial charge in [0.1, 0.15) is 0 Å². The number of nitrogens with one attached hydrogen (secondary N) is 1. The van der Waals surface area contributed by atoms with Crippen LogP contribution in [0.2, 0.25) is 5.28 Å². The van der Waals surface area contributed by atoms with Crippen LogP contribution in [0.3, 0.4) is 0 Å². The Hall–Kier alpha value is -1.54. The second-order valence-electron chi connectivity index (χ2n) is 5.96. The monoisotopic (exact) mass is 367 g/mol. The highest BCUT2D eigenvalue weighted by Gasteiger charge is 2.20. The van der Waals surface area contributed by atoms with E-state index in [0.29, 0.717) is 19.6 Å². The third-order valence-electron chi connectivity index (χ3n) is 3.61. The van der Waals surface area contributed by atoms with Crippen LogP contribution in [0.15, 0.2) is 29.2 Å². The number of ether oxygens (including phenoxy) is 1. The zero-order valence-electron chi connectivity index (χ0n) is 13.4. The quantitative estimate of drug-likeness (QED) is 0.821. The number of rotatable bonds is 5. The van der Waals surface area contributed by atoms with E-state index in [1.165, 1.54) is 0 Å². The van der Waals surface area contributed by atoms with Crippen LogP contribution in [0.25, 0.3) is 0 Å². The second-order valence-corrected chi connectivity index (χ2v) is 8.01. The predicted molar refractivity (Wildman–Crippen MR) is 90.2 cm³/mol. The van der Waals surface area contributed by atoms with Crippen molar-refractivity contribution in [3.8, 4) is 0 Å². The molecule has 1 aromatic heterocycles. The molecular formula is C16H18ClN3O3S. The van der Waals surface area contributed by atoms with Crippen LogP contribution >= 0.6 is 11.6 Å². The van der Waals surface area contributed by atoms with E-state index in [0.717, 1.165) is 22.5 Å². The Labute approximate surface area is 146 Å². The molecule has 24 heavy (non-hydrogen) atoms. The molecular weight excluding hydrogens is 350 g/mol. The number of hydrogen-bond acceptors (Lipinski definition) is 5. The Balaban J connectivity index is 1.92. The number of halogens is 1. The van der Waals surface area contributed by atoms with Gasteiger partial charge in [-0.1, -0.05) is 12.1 Å². The Kier molecular flexibility index (Phi) is 4.87. The fraction of sp³-hybridized carbons (Fsp3) is 0.375. The minimum absolute atomic E-state index is 0.167. The van der Waals surface area contributed by atoms with E-state index in [-0.39, 0.29) is 16.2 Å². The second kappa shape index (κ2) is 6.76. The van der Waals surface area contributed by atoms with Crippen LogP contribution in [-0.4, -0.2) is 24.4 Å². The summed E-state index contributed by atoms with van der Waals surface area (Å²) in [5.74, 6) is 0. The van der Waals surface area contributed by atoms with Crippen molar-refractivity contribution in [3.63, 3.8) is 0 Å². The first-order valence-corrected chi connectivity index (χ1v) is 9.44. The maximum Gasteiger partial charge on any atom is 0.240 e. The number of aromatic nitrogens is 2. The third kappa shape index (κ3) is 3.75. The van der Waals surface area contributed by atoms with Gasteiger partial charge in [-0.05, 0) is 43.1 Å². The first-order chi connectivity index (χ1) is 11.3. The normalized spacial score (nSPS) is 14.2. The van der Waals surface area contributed by atoms with Gasteiger partial charge in [-0.15, -0.1) is 0 Å². The van der Waals surface area contributed by atoms with Gasteiger partial charge in [0.15, 0.2) is 0 Å². The summed E-state index contributed by atoms with van der Waals surface area (Å²) in [6.07, 6.45) is 0.471. The van der Waals surface area contributed by atoms with Gasteiger partial charge in [0, 0.05) is 18.0 Å². The first-order valence-electron chi connectivity index (χ1n) is 7.58. The fourth-order valence-corrected chi connectivity index (χ4v) is 4.15. The summed E-state index contributed by atoms with van der Waals surface area (Å²) in [4.78, 5) is 8.70. The number of fused-ring (bicyclic) bond motifs is 1. The lowest BCUT2D eigenvalue weighted by atomic mass is 10.1. The SMILES string of the molecule is CC(C)NS(=O)(=O)c1cccc(Cc2nc(Cl)nc3c2COC3)c1. The Morgan fingerprint density at radius 1 is 1.29 bits per heavy atom. The third-order valence-corrected chi connectivity index (χ3v) is 5.43. The summed E-state index contributed by atoms with van der Waals surface area (Å²) in [6.45, 7) is 4.45. The van der Waals surface area contributed by atoms with Crippen molar-refractivity contribution in [1.82, 2.24) is 14.7 Å². The molecule has 8 heteroatoms. The van der Waals surface area contributed by atoms with Gasteiger partial charge in [0.25, 0.3) is 0 Å². The van der Waals surface area contributed by atoms with Gasteiger partial charge in [-0.3, -0.25) is 0 Å². The molecule has 0 aliphatic carbocycles. The topological polar surface area (TPSA) is 81.2 Å². The lowest BCUT2D eigenvalue weighted by Gasteiger charge is -2.11. The van der Waals surface area contributed by atoms with Crippen LogP contribution in [0.5, 0.6) is 0 Å². The Bertz CT molecular complexity index is 869.